The van der Waals surface area contributed by atoms with Crippen molar-refractivity contribution < 1.29 is 19.1 Å². The van der Waals surface area contributed by atoms with Gasteiger partial charge in [-0.25, -0.2) is 14.6 Å². The van der Waals surface area contributed by atoms with Crippen molar-refractivity contribution in [1.82, 2.24) is 19.7 Å². The molecule has 0 aliphatic carbocycles. The van der Waals surface area contributed by atoms with Crippen LogP contribution in [0.2, 0.25) is 0 Å². The van der Waals surface area contributed by atoms with E-state index in [1.54, 1.807) is 48.5 Å². The third-order valence-electron chi connectivity index (χ3n) is 4.85. The van der Waals surface area contributed by atoms with Gasteiger partial charge in [-0.15, -0.1) is 0 Å². The van der Waals surface area contributed by atoms with Crippen LogP contribution in [-0.2, 0) is 9.59 Å². The number of hydrogen-bond acceptors (Lipinski definition) is 7. The number of methoxy groups -OCH3 is 2. The molecule has 154 valence electrons. The Kier molecular flexibility index (Phi) is 5.29. The fourth-order valence-corrected chi connectivity index (χ4v) is 3.35. The number of benzene rings is 1. The fourth-order valence-electron chi connectivity index (χ4n) is 3.35. The molecule has 1 aromatic carbocycles. The van der Waals surface area contributed by atoms with Crippen LogP contribution < -0.4 is 19.7 Å². The summed E-state index contributed by atoms with van der Waals surface area (Å²) in [5.41, 5.74) is 1.06. The topological polar surface area (TPSA) is 111 Å². The number of amides is 2. The molecule has 1 aliphatic heterocycles. The summed E-state index contributed by atoms with van der Waals surface area (Å²) in [6, 6.07) is 8.64. The quantitative estimate of drug-likeness (QED) is 0.660. The second-order valence-electron chi connectivity index (χ2n) is 6.65. The van der Waals surface area contributed by atoms with Crippen molar-refractivity contribution in [3.63, 3.8) is 0 Å². The Morgan fingerprint density at radius 3 is 2.83 bits per heavy atom. The first kappa shape index (κ1) is 19.4. The lowest BCUT2D eigenvalue weighted by Crippen LogP contribution is -2.28. The molecule has 4 rings (SSSR count). The molecule has 2 amide bonds. The molecule has 10 nitrogen and oxygen atoms in total. The number of nitrogens with one attached hydrogen (secondary N) is 1. The molecule has 3 heterocycles. The summed E-state index contributed by atoms with van der Waals surface area (Å²) >= 11 is 0. The van der Waals surface area contributed by atoms with Gasteiger partial charge in [0, 0.05) is 25.2 Å². The standard InChI is InChI=1S/C20H20N6O4/c1-29-14-5-6-17(30-2)16(9-14)25-10-13(8-18(25)27)20(28)24-15-4-3-7-22-19(15)26-12-21-11-23-26/h3-7,9,11-13H,8,10H2,1-2H3,(H,24,28). The van der Waals surface area contributed by atoms with Crippen LogP contribution in [0.5, 0.6) is 11.5 Å². The lowest BCUT2D eigenvalue weighted by Gasteiger charge is -2.20. The van der Waals surface area contributed by atoms with Gasteiger partial charge in [-0.3, -0.25) is 9.59 Å². The number of pyridine rings is 1. The minimum Gasteiger partial charge on any atom is -0.497 e. The van der Waals surface area contributed by atoms with E-state index >= 15 is 0 Å². The van der Waals surface area contributed by atoms with Crippen LogP contribution in [0.1, 0.15) is 6.42 Å². The summed E-state index contributed by atoms with van der Waals surface area (Å²) in [6.07, 6.45) is 4.57. The summed E-state index contributed by atoms with van der Waals surface area (Å²) in [7, 11) is 3.08. The van der Waals surface area contributed by atoms with Crippen molar-refractivity contribution in [2.45, 2.75) is 6.42 Å². The molecule has 0 spiro atoms. The van der Waals surface area contributed by atoms with Crippen molar-refractivity contribution in [2.24, 2.45) is 5.92 Å². The molecule has 0 bridgehead atoms. The molecular formula is C20H20N6O4. The van der Waals surface area contributed by atoms with Gasteiger partial charge in [0.2, 0.25) is 11.8 Å². The Hall–Kier alpha value is -3.95. The molecule has 0 saturated carbocycles. The van der Waals surface area contributed by atoms with Crippen LogP contribution in [0.25, 0.3) is 5.82 Å². The van der Waals surface area contributed by atoms with Crippen molar-refractivity contribution in [2.75, 3.05) is 31.0 Å². The third kappa shape index (κ3) is 3.66. The molecule has 3 aromatic rings. The SMILES string of the molecule is COc1ccc(OC)c(N2CC(C(=O)Nc3cccnc3-n3cncn3)CC2=O)c1. The first-order chi connectivity index (χ1) is 14.6. The second-order valence-corrected chi connectivity index (χ2v) is 6.65. The maximum Gasteiger partial charge on any atom is 0.229 e. The van der Waals surface area contributed by atoms with Gasteiger partial charge in [0.1, 0.15) is 24.2 Å². The van der Waals surface area contributed by atoms with E-state index in [0.717, 1.165) is 0 Å². The van der Waals surface area contributed by atoms with Crippen LogP contribution in [-0.4, -0.2) is 52.3 Å². The number of ether oxygens (including phenoxy) is 2. The molecule has 1 aliphatic rings. The average Bonchev–Trinajstić information content (AvgIpc) is 3.43. The van der Waals surface area contributed by atoms with E-state index < -0.39 is 5.92 Å². The van der Waals surface area contributed by atoms with Crippen LogP contribution in [0, 0.1) is 5.92 Å². The van der Waals surface area contributed by atoms with E-state index in [9.17, 15) is 9.59 Å². The molecule has 30 heavy (non-hydrogen) atoms. The lowest BCUT2D eigenvalue weighted by atomic mass is 10.1. The van der Waals surface area contributed by atoms with Crippen LogP contribution in [0.4, 0.5) is 11.4 Å². The Morgan fingerprint density at radius 2 is 2.10 bits per heavy atom. The van der Waals surface area contributed by atoms with E-state index in [1.165, 1.54) is 24.4 Å². The van der Waals surface area contributed by atoms with Crippen LogP contribution in [0.15, 0.2) is 49.2 Å². The Labute approximate surface area is 172 Å². The zero-order valence-corrected chi connectivity index (χ0v) is 16.5. The zero-order chi connectivity index (χ0) is 21.1. The highest BCUT2D eigenvalue weighted by Gasteiger charge is 2.36. The van der Waals surface area contributed by atoms with Crippen molar-refractivity contribution in [1.29, 1.82) is 0 Å². The van der Waals surface area contributed by atoms with Crippen molar-refractivity contribution in [3.05, 3.63) is 49.2 Å². The molecular weight excluding hydrogens is 388 g/mol. The van der Waals surface area contributed by atoms with Crippen molar-refractivity contribution in [3.8, 4) is 17.3 Å². The predicted octanol–water partition coefficient (Wildman–Crippen LogP) is 1.67. The number of anilines is 2. The summed E-state index contributed by atoms with van der Waals surface area (Å²) < 4.78 is 12.1. The highest BCUT2D eigenvalue weighted by molar-refractivity contribution is 6.04. The minimum absolute atomic E-state index is 0.0884. The Morgan fingerprint density at radius 1 is 1.23 bits per heavy atom. The largest absolute Gasteiger partial charge is 0.497 e. The average molecular weight is 408 g/mol. The van der Waals surface area contributed by atoms with Gasteiger partial charge in [-0.1, -0.05) is 0 Å². The Balaban J connectivity index is 1.54. The van der Waals surface area contributed by atoms with E-state index in [-0.39, 0.29) is 24.8 Å². The molecule has 10 heteroatoms. The number of carbonyl (C=O) groups is 2. The molecule has 0 radical (unpaired) electrons. The third-order valence-corrected chi connectivity index (χ3v) is 4.85. The monoisotopic (exact) mass is 408 g/mol. The highest BCUT2D eigenvalue weighted by atomic mass is 16.5. The van der Waals surface area contributed by atoms with Gasteiger partial charge in [-0.2, -0.15) is 5.10 Å². The van der Waals surface area contributed by atoms with Gasteiger partial charge >= 0.3 is 0 Å². The van der Waals surface area contributed by atoms with Crippen LogP contribution in [0.3, 0.4) is 0 Å². The summed E-state index contributed by atoms with van der Waals surface area (Å²) in [6.45, 7) is 0.229. The first-order valence-corrected chi connectivity index (χ1v) is 9.24. The second kappa shape index (κ2) is 8.19. The molecule has 1 fully saturated rings. The van der Waals surface area contributed by atoms with Crippen molar-refractivity contribution >= 4 is 23.2 Å². The maximum atomic E-state index is 12.9. The fraction of sp³-hybridized carbons (Fsp3) is 0.250. The smallest absolute Gasteiger partial charge is 0.229 e. The van der Waals surface area contributed by atoms with E-state index in [2.05, 4.69) is 20.4 Å². The summed E-state index contributed by atoms with van der Waals surface area (Å²) in [5, 5.41) is 6.91. The van der Waals surface area contributed by atoms with Gasteiger partial charge < -0.3 is 19.7 Å². The number of aromatic nitrogens is 4. The normalized spacial score (nSPS) is 15.9. The van der Waals surface area contributed by atoms with E-state index in [0.29, 0.717) is 28.7 Å². The molecule has 1 unspecified atom stereocenters. The molecule has 1 saturated heterocycles. The maximum absolute atomic E-state index is 12.9. The first-order valence-electron chi connectivity index (χ1n) is 9.24. The molecule has 2 aromatic heterocycles. The van der Waals surface area contributed by atoms with E-state index in [4.69, 9.17) is 9.47 Å². The predicted molar refractivity (Wildman–Crippen MR) is 108 cm³/mol. The minimum atomic E-state index is -0.530. The van der Waals surface area contributed by atoms with E-state index in [1.807, 2.05) is 0 Å². The number of rotatable bonds is 6. The highest BCUT2D eigenvalue weighted by Crippen LogP contribution is 2.36. The van der Waals surface area contributed by atoms with Crippen LogP contribution >= 0.6 is 0 Å². The van der Waals surface area contributed by atoms with Gasteiger partial charge in [0.15, 0.2) is 5.82 Å². The summed E-state index contributed by atoms with van der Waals surface area (Å²) in [5.74, 6) is 0.605. The summed E-state index contributed by atoms with van der Waals surface area (Å²) in [4.78, 5) is 35.3. The van der Waals surface area contributed by atoms with Gasteiger partial charge in [0.25, 0.3) is 0 Å². The number of hydrogen-bond donors (Lipinski definition) is 1. The number of carbonyl (C=O) groups excluding carboxylic acids is 2. The molecule has 1 N–H and O–H groups in total. The van der Waals surface area contributed by atoms with Gasteiger partial charge in [0.05, 0.1) is 31.5 Å². The zero-order valence-electron chi connectivity index (χ0n) is 16.5. The lowest BCUT2D eigenvalue weighted by molar-refractivity contribution is -0.122. The number of nitrogens with zero attached hydrogens (tertiary/aromatic N) is 5. The molecule has 1 atom stereocenters. The van der Waals surface area contributed by atoms with Gasteiger partial charge in [-0.05, 0) is 24.3 Å². The Bertz CT molecular complexity index is 1070.